The number of nitrogens with one attached hydrogen (secondary N) is 1. The summed E-state index contributed by atoms with van der Waals surface area (Å²) in [7, 11) is 1.65. The molecule has 4 nitrogen and oxygen atoms in total. The summed E-state index contributed by atoms with van der Waals surface area (Å²) < 4.78 is 10.5. The number of nitrogens with zero attached hydrogens (tertiary/aromatic N) is 1. The van der Waals surface area contributed by atoms with E-state index in [0.29, 0.717) is 23.1 Å². The molecule has 0 saturated heterocycles. The first-order valence-electron chi connectivity index (χ1n) is 6.84. The summed E-state index contributed by atoms with van der Waals surface area (Å²) in [5.74, 6) is 2.21. The largest absolute Gasteiger partial charge is 0.497 e. The first kappa shape index (κ1) is 14.5. The van der Waals surface area contributed by atoms with Gasteiger partial charge in [0, 0.05) is 23.2 Å². The van der Waals surface area contributed by atoms with Crippen LogP contribution in [0.5, 0.6) is 5.75 Å². The fourth-order valence-corrected chi connectivity index (χ4v) is 2.26. The smallest absolute Gasteiger partial charge is 0.170 e. The molecule has 1 aromatic heterocycles. The van der Waals surface area contributed by atoms with Gasteiger partial charge in [-0.3, -0.25) is 0 Å². The second-order valence-corrected chi connectivity index (χ2v) is 5.22. The predicted molar refractivity (Wildman–Crippen MR) is 87.3 cm³/mol. The highest BCUT2D eigenvalue weighted by molar-refractivity contribution is 6.30. The van der Waals surface area contributed by atoms with E-state index in [2.05, 4.69) is 10.5 Å². The lowest BCUT2D eigenvalue weighted by Gasteiger charge is -2.04. The number of halogens is 1. The highest BCUT2D eigenvalue weighted by atomic mass is 35.5. The summed E-state index contributed by atoms with van der Waals surface area (Å²) >= 11 is 5.98. The molecular weight excluding hydrogens is 300 g/mol. The number of anilines is 1. The number of aromatic nitrogens is 1. The van der Waals surface area contributed by atoms with E-state index < -0.39 is 0 Å². The summed E-state index contributed by atoms with van der Waals surface area (Å²) in [6.45, 7) is 0.658. The maximum atomic E-state index is 5.98. The van der Waals surface area contributed by atoms with Gasteiger partial charge in [-0.1, -0.05) is 41.0 Å². The van der Waals surface area contributed by atoms with Gasteiger partial charge in [-0.25, -0.2) is 0 Å². The molecule has 2 aromatic carbocycles. The Labute approximate surface area is 133 Å². The van der Waals surface area contributed by atoms with Crippen LogP contribution in [0.4, 0.5) is 5.82 Å². The number of hydrogen-bond donors (Lipinski definition) is 1. The van der Waals surface area contributed by atoms with Crippen LogP contribution in [-0.4, -0.2) is 12.3 Å². The zero-order valence-corrected chi connectivity index (χ0v) is 12.8. The summed E-state index contributed by atoms with van der Waals surface area (Å²) in [5, 5.41) is 7.91. The van der Waals surface area contributed by atoms with Crippen LogP contribution in [0.15, 0.2) is 59.1 Å². The fraction of sp³-hybridized carbons (Fsp3) is 0.118. The first-order valence-corrected chi connectivity index (χ1v) is 7.22. The molecular formula is C17H15ClN2O2. The van der Waals surface area contributed by atoms with Crippen molar-refractivity contribution in [2.75, 3.05) is 12.4 Å². The van der Waals surface area contributed by atoms with Crippen LogP contribution in [0.2, 0.25) is 5.02 Å². The van der Waals surface area contributed by atoms with Crippen molar-refractivity contribution in [2.45, 2.75) is 6.54 Å². The molecule has 0 spiro atoms. The van der Waals surface area contributed by atoms with Crippen LogP contribution < -0.4 is 10.1 Å². The zero-order chi connectivity index (χ0) is 15.4. The fourth-order valence-electron chi connectivity index (χ4n) is 2.07. The monoisotopic (exact) mass is 314 g/mol. The lowest BCUT2D eigenvalue weighted by Crippen LogP contribution is -1.99. The third-order valence-corrected chi connectivity index (χ3v) is 3.49. The third-order valence-electron chi connectivity index (χ3n) is 3.25. The Hall–Kier alpha value is -2.46. The molecule has 3 aromatic rings. The van der Waals surface area contributed by atoms with Crippen LogP contribution in [-0.2, 0) is 6.54 Å². The average Bonchev–Trinajstić information content (AvgIpc) is 3.02. The van der Waals surface area contributed by atoms with Crippen molar-refractivity contribution in [3.05, 3.63) is 65.2 Å². The van der Waals surface area contributed by atoms with Gasteiger partial charge in [-0.15, -0.1) is 0 Å². The van der Waals surface area contributed by atoms with Crippen molar-refractivity contribution >= 4 is 17.4 Å². The van der Waals surface area contributed by atoms with Crippen molar-refractivity contribution in [1.29, 1.82) is 0 Å². The molecule has 0 saturated carbocycles. The van der Waals surface area contributed by atoms with E-state index in [1.54, 1.807) is 7.11 Å². The van der Waals surface area contributed by atoms with Gasteiger partial charge in [-0.2, -0.15) is 0 Å². The first-order chi connectivity index (χ1) is 10.7. The molecule has 0 radical (unpaired) electrons. The molecule has 0 fully saturated rings. The highest BCUT2D eigenvalue weighted by Gasteiger charge is 2.07. The van der Waals surface area contributed by atoms with E-state index in [1.807, 2.05) is 54.6 Å². The van der Waals surface area contributed by atoms with Crippen molar-refractivity contribution < 1.29 is 9.26 Å². The number of methoxy groups -OCH3 is 1. The Bertz CT molecular complexity index is 753. The van der Waals surface area contributed by atoms with E-state index in [0.717, 1.165) is 16.9 Å². The van der Waals surface area contributed by atoms with Gasteiger partial charge in [0.15, 0.2) is 11.6 Å². The van der Waals surface area contributed by atoms with Gasteiger partial charge in [0.2, 0.25) is 0 Å². The Morgan fingerprint density at radius 1 is 1.14 bits per heavy atom. The molecule has 1 heterocycles. The number of hydrogen-bond acceptors (Lipinski definition) is 4. The van der Waals surface area contributed by atoms with Gasteiger partial charge in [0.25, 0.3) is 0 Å². The molecule has 112 valence electrons. The zero-order valence-electron chi connectivity index (χ0n) is 12.0. The molecule has 0 aliphatic rings. The Morgan fingerprint density at radius 3 is 2.68 bits per heavy atom. The number of benzene rings is 2. The summed E-state index contributed by atoms with van der Waals surface area (Å²) in [6, 6.07) is 17.2. The van der Waals surface area contributed by atoms with Crippen molar-refractivity contribution in [3.63, 3.8) is 0 Å². The molecule has 0 amide bonds. The van der Waals surface area contributed by atoms with Crippen molar-refractivity contribution in [3.8, 4) is 17.1 Å². The van der Waals surface area contributed by atoms with Gasteiger partial charge in [0.1, 0.15) is 5.75 Å². The van der Waals surface area contributed by atoms with E-state index in [9.17, 15) is 0 Å². The standard InChI is InChI=1S/C17H15ClN2O2/c1-21-15-7-5-12(6-8-15)11-19-17-10-16(22-20-17)13-3-2-4-14(18)9-13/h2-10H,11H2,1H3,(H,19,20). The summed E-state index contributed by atoms with van der Waals surface area (Å²) in [5.41, 5.74) is 2.03. The SMILES string of the molecule is COc1ccc(CNc2cc(-c3cccc(Cl)c3)on2)cc1. The molecule has 0 aliphatic carbocycles. The van der Waals surface area contributed by atoms with Crippen molar-refractivity contribution in [2.24, 2.45) is 0 Å². The molecule has 3 rings (SSSR count). The van der Waals surface area contributed by atoms with Gasteiger partial charge < -0.3 is 14.6 Å². The maximum Gasteiger partial charge on any atom is 0.170 e. The molecule has 0 aliphatic heterocycles. The Kier molecular flexibility index (Phi) is 4.30. The van der Waals surface area contributed by atoms with Crippen LogP contribution >= 0.6 is 11.6 Å². The van der Waals surface area contributed by atoms with Crippen LogP contribution in [0.1, 0.15) is 5.56 Å². The van der Waals surface area contributed by atoms with E-state index >= 15 is 0 Å². The predicted octanol–water partition coefficient (Wildman–Crippen LogP) is 4.62. The molecule has 0 bridgehead atoms. The Balaban J connectivity index is 1.66. The summed E-state index contributed by atoms with van der Waals surface area (Å²) in [6.07, 6.45) is 0. The minimum absolute atomic E-state index is 0.658. The highest BCUT2D eigenvalue weighted by Crippen LogP contribution is 2.25. The maximum absolute atomic E-state index is 5.98. The lowest BCUT2D eigenvalue weighted by atomic mass is 10.2. The van der Waals surface area contributed by atoms with Crippen molar-refractivity contribution in [1.82, 2.24) is 5.16 Å². The van der Waals surface area contributed by atoms with E-state index in [1.165, 1.54) is 0 Å². The van der Waals surface area contributed by atoms with Crippen LogP contribution in [0.3, 0.4) is 0 Å². The van der Waals surface area contributed by atoms with Gasteiger partial charge >= 0.3 is 0 Å². The van der Waals surface area contributed by atoms with Crippen LogP contribution in [0.25, 0.3) is 11.3 Å². The normalized spacial score (nSPS) is 10.5. The molecule has 0 atom stereocenters. The number of ether oxygens (including phenoxy) is 1. The van der Waals surface area contributed by atoms with E-state index in [4.69, 9.17) is 20.9 Å². The molecule has 0 unspecified atom stereocenters. The topological polar surface area (TPSA) is 47.3 Å². The summed E-state index contributed by atoms with van der Waals surface area (Å²) in [4.78, 5) is 0. The minimum atomic E-state index is 0.658. The third kappa shape index (κ3) is 3.40. The van der Waals surface area contributed by atoms with Gasteiger partial charge in [-0.05, 0) is 29.8 Å². The average molecular weight is 315 g/mol. The second-order valence-electron chi connectivity index (χ2n) is 4.79. The number of rotatable bonds is 5. The minimum Gasteiger partial charge on any atom is -0.497 e. The Morgan fingerprint density at radius 2 is 1.95 bits per heavy atom. The molecule has 5 heteroatoms. The quantitative estimate of drug-likeness (QED) is 0.746. The van der Waals surface area contributed by atoms with Gasteiger partial charge in [0.05, 0.1) is 7.11 Å². The molecule has 1 N–H and O–H groups in total. The lowest BCUT2D eigenvalue weighted by molar-refractivity contribution is 0.414. The second kappa shape index (κ2) is 6.54. The van der Waals surface area contributed by atoms with Crippen LogP contribution in [0, 0.1) is 0 Å². The van der Waals surface area contributed by atoms with E-state index in [-0.39, 0.29) is 0 Å². The molecule has 22 heavy (non-hydrogen) atoms.